The SMILES string of the molecule is CCS(=O)(=O)N(c1ccccc1C#N)C1CC1. The molecule has 0 N–H and O–H groups in total. The molecule has 1 aromatic carbocycles. The molecule has 0 spiro atoms. The van der Waals surface area contributed by atoms with Gasteiger partial charge in [-0.15, -0.1) is 0 Å². The van der Waals surface area contributed by atoms with Gasteiger partial charge in [-0.05, 0) is 31.9 Å². The molecular formula is C12H14N2O2S. The van der Waals surface area contributed by atoms with Crippen LogP contribution in [0.5, 0.6) is 0 Å². The fraction of sp³-hybridized carbons (Fsp3) is 0.417. The van der Waals surface area contributed by atoms with E-state index in [1.165, 1.54) is 4.31 Å². The van der Waals surface area contributed by atoms with E-state index in [0.717, 1.165) is 12.8 Å². The van der Waals surface area contributed by atoms with Gasteiger partial charge in [0.1, 0.15) is 6.07 Å². The van der Waals surface area contributed by atoms with Crippen molar-refractivity contribution in [3.63, 3.8) is 0 Å². The zero-order chi connectivity index (χ0) is 12.5. The number of sulfonamides is 1. The highest BCUT2D eigenvalue weighted by atomic mass is 32.2. The Morgan fingerprint density at radius 3 is 2.59 bits per heavy atom. The average Bonchev–Trinajstić information content (AvgIpc) is 3.14. The largest absolute Gasteiger partial charge is 0.266 e. The van der Waals surface area contributed by atoms with Crippen LogP contribution in [0.1, 0.15) is 25.3 Å². The molecule has 0 aliphatic heterocycles. The van der Waals surface area contributed by atoms with Crippen LogP contribution in [-0.2, 0) is 10.0 Å². The Kier molecular flexibility index (Phi) is 3.07. The third-order valence-electron chi connectivity index (χ3n) is 2.80. The molecule has 0 unspecified atom stereocenters. The van der Waals surface area contributed by atoms with Crippen molar-refractivity contribution in [2.75, 3.05) is 10.1 Å². The molecule has 0 radical (unpaired) electrons. The summed E-state index contributed by atoms with van der Waals surface area (Å²) in [6, 6.07) is 8.93. The van der Waals surface area contributed by atoms with Crippen molar-refractivity contribution in [2.45, 2.75) is 25.8 Å². The van der Waals surface area contributed by atoms with Gasteiger partial charge < -0.3 is 0 Å². The molecule has 0 bridgehead atoms. The Balaban J connectivity index is 2.51. The number of nitriles is 1. The van der Waals surface area contributed by atoms with E-state index in [0.29, 0.717) is 11.3 Å². The number of rotatable bonds is 4. The third-order valence-corrected chi connectivity index (χ3v) is 4.63. The van der Waals surface area contributed by atoms with E-state index in [2.05, 4.69) is 0 Å². The van der Waals surface area contributed by atoms with Gasteiger partial charge in [-0.25, -0.2) is 8.42 Å². The van der Waals surface area contributed by atoms with E-state index >= 15 is 0 Å². The maximum Gasteiger partial charge on any atom is 0.235 e. The van der Waals surface area contributed by atoms with Crippen LogP contribution in [0.15, 0.2) is 24.3 Å². The van der Waals surface area contributed by atoms with E-state index < -0.39 is 10.0 Å². The van der Waals surface area contributed by atoms with Gasteiger partial charge in [0.2, 0.25) is 10.0 Å². The lowest BCUT2D eigenvalue weighted by Crippen LogP contribution is -2.34. The van der Waals surface area contributed by atoms with E-state index in [-0.39, 0.29) is 11.8 Å². The molecule has 4 nitrogen and oxygen atoms in total. The summed E-state index contributed by atoms with van der Waals surface area (Å²) in [6.45, 7) is 1.62. The second-order valence-electron chi connectivity index (χ2n) is 4.06. The van der Waals surface area contributed by atoms with Gasteiger partial charge in [0.15, 0.2) is 0 Å². The van der Waals surface area contributed by atoms with E-state index in [1.54, 1.807) is 31.2 Å². The first-order valence-electron chi connectivity index (χ1n) is 5.61. The lowest BCUT2D eigenvalue weighted by molar-refractivity contribution is 0.591. The van der Waals surface area contributed by atoms with Gasteiger partial charge in [-0.2, -0.15) is 5.26 Å². The number of para-hydroxylation sites is 1. The summed E-state index contributed by atoms with van der Waals surface area (Å²) in [4.78, 5) is 0. The first-order valence-corrected chi connectivity index (χ1v) is 7.22. The smallest absolute Gasteiger partial charge is 0.235 e. The Morgan fingerprint density at radius 1 is 1.41 bits per heavy atom. The summed E-state index contributed by atoms with van der Waals surface area (Å²) < 4.78 is 25.6. The second kappa shape index (κ2) is 4.38. The van der Waals surface area contributed by atoms with Crippen molar-refractivity contribution in [1.82, 2.24) is 0 Å². The molecule has 0 atom stereocenters. The Hall–Kier alpha value is -1.54. The van der Waals surface area contributed by atoms with Crippen molar-refractivity contribution >= 4 is 15.7 Å². The van der Waals surface area contributed by atoms with Gasteiger partial charge in [0.25, 0.3) is 0 Å². The van der Waals surface area contributed by atoms with Crippen molar-refractivity contribution in [2.24, 2.45) is 0 Å². The number of hydrogen-bond acceptors (Lipinski definition) is 3. The standard InChI is InChI=1S/C12H14N2O2S/c1-2-17(15,16)14(11-7-8-11)12-6-4-3-5-10(12)9-13/h3-6,11H,2,7-8H2,1H3. The summed E-state index contributed by atoms with van der Waals surface area (Å²) in [5.74, 6) is 0.0588. The molecule has 1 aromatic rings. The van der Waals surface area contributed by atoms with E-state index in [1.807, 2.05) is 6.07 Å². The molecule has 17 heavy (non-hydrogen) atoms. The molecule has 90 valence electrons. The quantitative estimate of drug-likeness (QED) is 0.819. The van der Waals surface area contributed by atoms with E-state index in [9.17, 15) is 8.42 Å². The molecular weight excluding hydrogens is 236 g/mol. The molecule has 5 heteroatoms. The molecule has 0 heterocycles. The molecule has 0 amide bonds. The number of benzene rings is 1. The first-order chi connectivity index (χ1) is 8.10. The van der Waals surface area contributed by atoms with E-state index in [4.69, 9.17) is 5.26 Å². The Morgan fingerprint density at radius 2 is 2.06 bits per heavy atom. The van der Waals surface area contributed by atoms with Crippen molar-refractivity contribution in [3.8, 4) is 6.07 Å². The minimum Gasteiger partial charge on any atom is -0.266 e. The van der Waals surface area contributed by atoms with Gasteiger partial charge in [0.05, 0.1) is 17.0 Å². The Bertz CT molecular complexity index is 556. The maximum atomic E-state index is 12.1. The predicted octanol–water partition coefficient (Wildman–Crippen LogP) is 1.88. The summed E-state index contributed by atoms with van der Waals surface area (Å²) in [6.07, 6.45) is 1.75. The highest BCUT2D eigenvalue weighted by molar-refractivity contribution is 7.92. The molecule has 1 aliphatic carbocycles. The molecule has 2 rings (SSSR count). The maximum absolute atomic E-state index is 12.1. The van der Waals surface area contributed by atoms with Crippen LogP contribution in [0.2, 0.25) is 0 Å². The van der Waals surface area contributed by atoms with Crippen LogP contribution in [0.3, 0.4) is 0 Å². The van der Waals surface area contributed by atoms with Crippen molar-refractivity contribution in [3.05, 3.63) is 29.8 Å². The lowest BCUT2D eigenvalue weighted by Gasteiger charge is -2.24. The highest BCUT2D eigenvalue weighted by Gasteiger charge is 2.37. The normalized spacial score (nSPS) is 15.3. The van der Waals surface area contributed by atoms with Crippen LogP contribution in [-0.4, -0.2) is 20.2 Å². The Labute approximate surface area is 102 Å². The molecule has 1 fully saturated rings. The second-order valence-corrected chi connectivity index (χ2v) is 6.19. The van der Waals surface area contributed by atoms with Crippen LogP contribution in [0, 0.1) is 11.3 Å². The van der Waals surface area contributed by atoms with Crippen LogP contribution < -0.4 is 4.31 Å². The minimum absolute atomic E-state index is 0.0365. The lowest BCUT2D eigenvalue weighted by atomic mass is 10.2. The summed E-state index contributed by atoms with van der Waals surface area (Å²) in [5, 5.41) is 9.04. The summed E-state index contributed by atoms with van der Waals surface area (Å²) in [7, 11) is -3.30. The first kappa shape index (κ1) is 11.9. The van der Waals surface area contributed by atoms with Gasteiger partial charge in [-0.1, -0.05) is 12.1 Å². The van der Waals surface area contributed by atoms with Gasteiger partial charge in [-0.3, -0.25) is 4.31 Å². The van der Waals surface area contributed by atoms with Crippen LogP contribution >= 0.6 is 0 Å². The fourth-order valence-electron chi connectivity index (χ4n) is 1.78. The van der Waals surface area contributed by atoms with Crippen LogP contribution in [0.25, 0.3) is 0 Å². The minimum atomic E-state index is -3.30. The van der Waals surface area contributed by atoms with Gasteiger partial charge >= 0.3 is 0 Å². The predicted molar refractivity (Wildman–Crippen MR) is 66.1 cm³/mol. The van der Waals surface area contributed by atoms with Crippen molar-refractivity contribution < 1.29 is 8.42 Å². The summed E-state index contributed by atoms with van der Waals surface area (Å²) >= 11 is 0. The monoisotopic (exact) mass is 250 g/mol. The zero-order valence-corrected chi connectivity index (χ0v) is 10.4. The molecule has 1 aliphatic rings. The zero-order valence-electron chi connectivity index (χ0n) is 9.63. The van der Waals surface area contributed by atoms with Gasteiger partial charge in [0, 0.05) is 6.04 Å². The summed E-state index contributed by atoms with van der Waals surface area (Å²) in [5.41, 5.74) is 0.927. The average molecular weight is 250 g/mol. The fourth-order valence-corrected chi connectivity index (χ4v) is 3.18. The number of anilines is 1. The number of nitrogens with zero attached hydrogens (tertiary/aromatic N) is 2. The van der Waals surface area contributed by atoms with Crippen LogP contribution in [0.4, 0.5) is 5.69 Å². The highest BCUT2D eigenvalue weighted by Crippen LogP contribution is 2.35. The van der Waals surface area contributed by atoms with Crippen molar-refractivity contribution in [1.29, 1.82) is 5.26 Å². The molecule has 0 aromatic heterocycles. The molecule has 1 saturated carbocycles. The molecule has 0 saturated heterocycles. The third kappa shape index (κ3) is 2.27. The topological polar surface area (TPSA) is 61.2 Å². The number of hydrogen-bond donors (Lipinski definition) is 0.